The van der Waals surface area contributed by atoms with E-state index in [1.165, 1.54) is 25.3 Å². The molecule has 8 heteroatoms. The lowest BCUT2D eigenvalue weighted by molar-refractivity contribution is 0.103. The second kappa shape index (κ2) is 10.1. The standard InChI is InChI=1S/C30H25NO6S/c1-35-27-18-23(19-28(36-2)30(27)37-3)29(32)22-12-9-11-20(16-22)26-17-21-10-7-8-15-25(21)31(26)38(33,34)24-13-5-4-6-14-24/h4-19H,1-3H3. The number of rotatable bonds is 8. The minimum Gasteiger partial charge on any atom is -0.493 e. The van der Waals surface area contributed by atoms with Crippen molar-refractivity contribution in [2.24, 2.45) is 0 Å². The molecular formula is C30H25NO6S. The molecule has 0 saturated heterocycles. The van der Waals surface area contributed by atoms with Gasteiger partial charge in [0.1, 0.15) is 0 Å². The molecule has 0 spiro atoms. The number of hydrogen-bond donors (Lipinski definition) is 0. The summed E-state index contributed by atoms with van der Waals surface area (Å²) < 4.78 is 45.1. The van der Waals surface area contributed by atoms with Gasteiger partial charge in [0.25, 0.3) is 10.0 Å². The quantitative estimate of drug-likeness (QED) is 0.237. The molecule has 0 bridgehead atoms. The maximum absolute atomic E-state index is 13.8. The molecule has 0 aliphatic carbocycles. The Balaban J connectivity index is 1.66. The maximum atomic E-state index is 13.8. The van der Waals surface area contributed by atoms with Gasteiger partial charge < -0.3 is 14.2 Å². The van der Waals surface area contributed by atoms with Gasteiger partial charge in [-0.1, -0.05) is 54.6 Å². The van der Waals surface area contributed by atoms with Crippen LogP contribution in [-0.2, 0) is 10.0 Å². The fourth-order valence-corrected chi connectivity index (χ4v) is 6.04. The predicted molar refractivity (Wildman–Crippen MR) is 146 cm³/mol. The summed E-state index contributed by atoms with van der Waals surface area (Å²) in [6, 6.07) is 27.5. The molecule has 0 atom stereocenters. The topological polar surface area (TPSA) is 83.8 Å². The molecule has 1 aromatic heterocycles. The minimum absolute atomic E-state index is 0.173. The first-order valence-electron chi connectivity index (χ1n) is 11.7. The number of nitrogens with zero attached hydrogens (tertiary/aromatic N) is 1. The smallest absolute Gasteiger partial charge is 0.268 e. The molecule has 0 radical (unpaired) electrons. The normalized spacial score (nSPS) is 11.3. The highest BCUT2D eigenvalue weighted by molar-refractivity contribution is 7.90. The van der Waals surface area contributed by atoms with Crippen LogP contribution >= 0.6 is 0 Å². The molecular weight excluding hydrogens is 502 g/mol. The molecule has 5 aromatic rings. The summed E-state index contributed by atoms with van der Waals surface area (Å²) in [4.78, 5) is 13.7. The van der Waals surface area contributed by atoms with Gasteiger partial charge in [-0.3, -0.25) is 4.79 Å². The maximum Gasteiger partial charge on any atom is 0.268 e. The second-order valence-electron chi connectivity index (χ2n) is 8.49. The van der Waals surface area contributed by atoms with Crippen molar-refractivity contribution >= 4 is 26.7 Å². The second-order valence-corrected chi connectivity index (χ2v) is 10.3. The number of ketones is 1. The third-order valence-electron chi connectivity index (χ3n) is 6.30. The summed E-state index contributed by atoms with van der Waals surface area (Å²) in [7, 11) is 0.535. The highest BCUT2D eigenvalue weighted by Gasteiger charge is 2.24. The van der Waals surface area contributed by atoms with E-state index in [2.05, 4.69) is 0 Å². The predicted octanol–water partition coefficient (Wildman–Crippen LogP) is 5.80. The van der Waals surface area contributed by atoms with E-state index in [0.29, 0.717) is 45.1 Å². The van der Waals surface area contributed by atoms with Crippen molar-refractivity contribution in [3.05, 3.63) is 108 Å². The summed E-state index contributed by atoms with van der Waals surface area (Å²) in [5.74, 6) is 0.830. The molecule has 4 aromatic carbocycles. The number of fused-ring (bicyclic) bond motifs is 1. The zero-order valence-corrected chi connectivity index (χ0v) is 21.9. The fraction of sp³-hybridized carbons (Fsp3) is 0.100. The number of para-hydroxylation sites is 1. The number of methoxy groups -OCH3 is 3. The van der Waals surface area contributed by atoms with Gasteiger partial charge >= 0.3 is 0 Å². The van der Waals surface area contributed by atoms with Gasteiger partial charge in [0, 0.05) is 16.5 Å². The van der Waals surface area contributed by atoms with Gasteiger partial charge in [-0.05, 0) is 48.0 Å². The van der Waals surface area contributed by atoms with Crippen molar-refractivity contribution in [3.8, 4) is 28.5 Å². The Morgan fingerprint density at radius 1 is 0.684 bits per heavy atom. The van der Waals surface area contributed by atoms with Crippen LogP contribution in [0, 0.1) is 0 Å². The highest BCUT2D eigenvalue weighted by atomic mass is 32.2. The van der Waals surface area contributed by atoms with Crippen LogP contribution < -0.4 is 14.2 Å². The SMILES string of the molecule is COc1cc(C(=O)c2cccc(-c3cc4ccccc4n3S(=O)(=O)c3ccccc3)c2)cc(OC)c1OC. The number of benzene rings is 4. The first-order chi connectivity index (χ1) is 18.4. The van der Waals surface area contributed by atoms with Crippen molar-refractivity contribution in [3.63, 3.8) is 0 Å². The Labute approximate surface area is 220 Å². The molecule has 0 N–H and O–H groups in total. The van der Waals surface area contributed by atoms with Gasteiger partial charge in [0.2, 0.25) is 5.75 Å². The van der Waals surface area contributed by atoms with Crippen LogP contribution in [0.1, 0.15) is 15.9 Å². The van der Waals surface area contributed by atoms with Gasteiger partial charge in [-0.25, -0.2) is 12.4 Å². The molecule has 0 saturated carbocycles. The van der Waals surface area contributed by atoms with E-state index in [4.69, 9.17) is 14.2 Å². The first-order valence-corrected chi connectivity index (χ1v) is 13.2. The molecule has 38 heavy (non-hydrogen) atoms. The zero-order chi connectivity index (χ0) is 26.9. The van der Waals surface area contributed by atoms with Crippen molar-refractivity contribution in [1.29, 1.82) is 0 Å². The van der Waals surface area contributed by atoms with Crippen LogP contribution in [0.2, 0.25) is 0 Å². The minimum atomic E-state index is -3.93. The zero-order valence-electron chi connectivity index (χ0n) is 21.0. The molecule has 0 fully saturated rings. The van der Waals surface area contributed by atoms with Crippen LogP contribution in [0.3, 0.4) is 0 Å². The molecule has 0 aliphatic heterocycles. The number of carbonyl (C=O) groups excluding carboxylic acids is 1. The van der Waals surface area contributed by atoms with Crippen LogP contribution in [0.15, 0.2) is 102 Å². The Morgan fingerprint density at radius 2 is 1.34 bits per heavy atom. The van der Waals surface area contributed by atoms with E-state index in [1.807, 2.05) is 18.2 Å². The van der Waals surface area contributed by atoms with Crippen molar-refractivity contribution < 1.29 is 27.4 Å². The van der Waals surface area contributed by atoms with Gasteiger partial charge in [-0.2, -0.15) is 0 Å². The van der Waals surface area contributed by atoms with Crippen molar-refractivity contribution in [2.45, 2.75) is 4.90 Å². The Hall–Kier alpha value is -4.56. The van der Waals surface area contributed by atoms with E-state index >= 15 is 0 Å². The Kier molecular flexibility index (Phi) is 6.65. The Bertz CT molecular complexity index is 1730. The van der Waals surface area contributed by atoms with Crippen LogP contribution in [0.4, 0.5) is 0 Å². The fourth-order valence-electron chi connectivity index (χ4n) is 4.49. The number of ether oxygens (including phenoxy) is 3. The lowest BCUT2D eigenvalue weighted by Gasteiger charge is -2.14. The summed E-state index contributed by atoms with van der Waals surface area (Å²) in [6.45, 7) is 0. The van der Waals surface area contributed by atoms with E-state index in [9.17, 15) is 13.2 Å². The molecule has 1 heterocycles. The molecule has 5 rings (SSSR count). The first kappa shape index (κ1) is 25.1. The van der Waals surface area contributed by atoms with Crippen molar-refractivity contribution in [1.82, 2.24) is 3.97 Å². The summed E-state index contributed by atoms with van der Waals surface area (Å²) in [6.07, 6.45) is 0. The molecule has 0 unspecified atom stereocenters. The largest absolute Gasteiger partial charge is 0.493 e. The average Bonchev–Trinajstić information content (AvgIpc) is 3.37. The van der Waals surface area contributed by atoms with E-state index in [1.54, 1.807) is 78.9 Å². The van der Waals surface area contributed by atoms with Gasteiger partial charge in [0.05, 0.1) is 37.4 Å². The molecule has 192 valence electrons. The van der Waals surface area contributed by atoms with Crippen molar-refractivity contribution in [2.75, 3.05) is 21.3 Å². The van der Waals surface area contributed by atoms with E-state index < -0.39 is 10.0 Å². The van der Waals surface area contributed by atoms with Crippen LogP contribution in [-0.4, -0.2) is 39.5 Å². The number of aromatic nitrogens is 1. The molecule has 0 aliphatic rings. The molecule has 7 nitrogen and oxygen atoms in total. The van der Waals surface area contributed by atoms with Gasteiger partial charge in [0.15, 0.2) is 17.3 Å². The lowest BCUT2D eigenvalue weighted by Crippen LogP contribution is -2.14. The van der Waals surface area contributed by atoms with E-state index in [0.717, 1.165) is 5.39 Å². The van der Waals surface area contributed by atoms with Crippen LogP contribution in [0.25, 0.3) is 22.2 Å². The monoisotopic (exact) mass is 527 g/mol. The average molecular weight is 528 g/mol. The third kappa shape index (κ3) is 4.29. The van der Waals surface area contributed by atoms with E-state index in [-0.39, 0.29) is 10.7 Å². The summed E-state index contributed by atoms with van der Waals surface area (Å²) in [5, 5.41) is 0.767. The highest BCUT2D eigenvalue weighted by Crippen LogP contribution is 2.39. The third-order valence-corrected chi connectivity index (χ3v) is 8.04. The van der Waals surface area contributed by atoms with Crippen LogP contribution in [0.5, 0.6) is 17.2 Å². The number of hydrogen-bond acceptors (Lipinski definition) is 6. The van der Waals surface area contributed by atoms with Gasteiger partial charge in [-0.15, -0.1) is 0 Å². The summed E-state index contributed by atoms with van der Waals surface area (Å²) in [5.41, 5.74) is 2.31. The molecule has 0 amide bonds. The number of carbonyl (C=O) groups is 1. The summed E-state index contributed by atoms with van der Waals surface area (Å²) >= 11 is 0. The Morgan fingerprint density at radius 3 is 2.00 bits per heavy atom. The lowest BCUT2D eigenvalue weighted by atomic mass is 9.99.